The lowest BCUT2D eigenvalue weighted by Gasteiger charge is -2.22. The predicted octanol–water partition coefficient (Wildman–Crippen LogP) is 3.73. The lowest BCUT2D eigenvalue weighted by Crippen LogP contribution is -2.34. The van der Waals surface area contributed by atoms with Crippen LogP contribution in [0.25, 0.3) is 16.8 Å². The number of carbonyl (C=O) groups is 1. The minimum absolute atomic E-state index is 0.00153. The SMILES string of the molecule is O=C(c1c(F)cccc1-n1nccn1)N1CC2CN(c3ncc(-c4ccc(Cl)cc4)cn3)CC2C1. The van der Waals surface area contributed by atoms with Crippen molar-refractivity contribution in [2.75, 3.05) is 31.1 Å². The Hall–Kier alpha value is -3.85. The monoisotopic (exact) mass is 489 g/mol. The Balaban J connectivity index is 1.15. The average molecular weight is 490 g/mol. The maximum Gasteiger partial charge on any atom is 0.259 e. The zero-order valence-corrected chi connectivity index (χ0v) is 19.4. The molecule has 2 unspecified atom stereocenters. The normalized spacial score (nSPS) is 19.3. The highest BCUT2D eigenvalue weighted by molar-refractivity contribution is 6.30. The second kappa shape index (κ2) is 8.74. The number of aromatic nitrogens is 5. The minimum atomic E-state index is -0.572. The highest BCUT2D eigenvalue weighted by Crippen LogP contribution is 2.34. The topological polar surface area (TPSA) is 80.0 Å². The van der Waals surface area contributed by atoms with Gasteiger partial charge in [0.05, 0.1) is 12.4 Å². The van der Waals surface area contributed by atoms with Crippen molar-refractivity contribution < 1.29 is 9.18 Å². The van der Waals surface area contributed by atoms with Crippen molar-refractivity contribution in [2.24, 2.45) is 11.8 Å². The van der Waals surface area contributed by atoms with Gasteiger partial charge in [-0.2, -0.15) is 15.0 Å². The van der Waals surface area contributed by atoms with Crippen molar-refractivity contribution in [1.82, 2.24) is 29.9 Å². The molecule has 2 aromatic carbocycles. The van der Waals surface area contributed by atoms with E-state index in [1.54, 1.807) is 17.0 Å². The molecular formula is C25H21ClFN7O. The van der Waals surface area contributed by atoms with Gasteiger partial charge in [0.2, 0.25) is 5.95 Å². The van der Waals surface area contributed by atoms with Crippen LogP contribution in [0, 0.1) is 17.7 Å². The molecule has 6 rings (SSSR count). The number of fused-ring (bicyclic) bond motifs is 1. The third kappa shape index (κ3) is 4.01. The maximum absolute atomic E-state index is 14.7. The number of amides is 1. The molecule has 0 aliphatic carbocycles. The van der Waals surface area contributed by atoms with Gasteiger partial charge in [-0.25, -0.2) is 14.4 Å². The largest absolute Gasteiger partial charge is 0.340 e. The second-order valence-electron chi connectivity index (χ2n) is 8.87. The van der Waals surface area contributed by atoms with Gasteiger partial charge in [-0.3, -0.25) is 4.79 Å². The highest BCUT2D eigenvalue weighted by atomic mass is 35.5. The first-order valence-electron chi connectivity index (χ1n) is 11.3. The minimum Gasteiger partial charge on any atom is -0.340 e. The molecule has 2 aliphatic rings. The zero-order valence-electron chi connectivity index (χ0n) is 18.6. The van der Waals surface area contributed by atoms with Crippen LogP contribution in [0.1, 0.15) is 10.4 Å². The van der Waals surface area contributed by atoms with E-state index in [-0.39, 0.29) is 23.3 Å². The summed E-state index contributed by atoms with van der Waals surface area (Å²) in [5.74, 6) is 0.321. The Kier molecular flexibility index (Phi) is 5.41. The summed E-state index contributed by atoms with van der Waals surface area (Å²) in [5, 5.41) is 8.82. The van der Waals surface area contributed by atoms with E-state index in [0.29, 0.717) is 29.7 Å². The summed E-state index contributed by atoms with van der Waals surface area (Å²) in [4.78, 5) is 27.7. The van der Waals surface area contributed by atoms with E-state index in [1.165, 1.54) is 23.3 Å². The molecule has 2 atom stereocenters. The number of halogens is 2. The van der Waals surface area contributed by atoms with E-state index >= 15 is 0 Å². The summed E-state index contributed by atoms with van der Waals surface area (Å²) >= 11 is 5.97. The Labute approximate surface area is 206 Å². The van der Waals surface area contributed by atoms with Crippen molar-refractivity contribution in [3.05, 3.63) is 83.7 Å². The molecular weight excluding hydrogens is 469 g/mol. The summed E-state index contributed by atoms with van der Waals surface area (Å²) in [6, 6.07) is 12.1. The van der Waals surface area contributed by atoms with Gasteiger partial charge in [0.15, 0.2) is 0 Å². The Morgan fingerprint density at radius 1 is 0.886 bits per heavy atom. The first kappa shape index (κ1) is 21.7. The van der Waals surface area contributed by atoms with Crippen molar-refractivity contribution >= 4 is 23.5 Å². The quantitative estimate of drug-likeness (QED) is 0.434. The van der Waals surface area contributed by atoms with Gasteiger partial charge in [-0.05, 0) is 29.8 Å². The van der Waals surface area contributed by atoms with Crippen molar-refractivity contribution in [3.63, 3.8) is 0 Å². The number of nitrogens with zero attached hydrogens (tertiary/aromatic N) is 7. The summed E-state index contributed by atoms with van der Waals surface area (Å²) in [7, 11) is 0. The molecule has 8 nitrogen and oxygen atoms in total. The van der Waals surface area contributed by atoms with Crippen molar-refractivity contribution in [2.45, 2.75) is 0 Å². The molecule has 176 valence electrons. The van der Waals surface area contributed by atoms with Crippen LogP contribution in [0.2, 0.25) is 5.02 Å². The van der Waals surface area contributed by atoms with E-state index in [0.717, 1.165) is 24.2 Å². The third-order valence-electron chi connectivity index (χ3n) is 6.71. The van der Waals surface area contributed by atoms with Crippen LogP contribution in [0.15, 0.2) is 67.3 Å². The van der Waals surface area contributed by atoms with Gasteiger partial charge >= 0.3 is 0 Å². The second-order valence-corrected chi connectivity index (χ2v) is 9.30. The number of hydrogen-bond acceptors (Lipinski definition) is 6. The summed E-state index contributed by atoms with van der Waals surface area (Å²) < 4.78 is 14.7. The van der Waals surface area contributed by atoms with Crippen LogP contribution in [-0.4, -0.2) is 61.9 Å². The number of rotatable bonds is 4. The van der Waals surface area contributed by atoms with Gasteiger partial charge < -0.3 is 9.80 Å². The van der Waals surface area contributed by atoms with Crippen LogP contribution >= 0.6 is 11.6 Å². The smallest absolute Gasteiger partial charge is 0.259 e. The molecule has 0 saturated carbocycles. The molecule has 4 aromatic rings. The van der Waals surface area contributed by atoms with Crippen LogP contribution in [-0.2, 0) is 0 Å². The maximum atomic E-state index is 14.7. The van der Waals surface area contributed by atoms with Crippen LogP contribution in [0.5, 0.6) is 0 Å². The Morgan fingerprint density at radius 3 is 2.20 bits per heavy atom. The van der Waals surface area contributed by atoms with Gasteiger partial charge in [-0.1, -0.05) is 29.8 Å². The first-order chi connectivity index (χ1) is 17.1. The number of carbonyl (C=O) groups excluding carboxylic acids is 1. The van der Waals surface area contributed by atoms with Crippen molar-refractivity contribution in [3.8, 4) is 16.8 Å². The van der Waals surface area contributed by atoms with Crippen LogP contribution in [0.3, 0.4) is 0 Å². The molecule has 2 aromatic heterocycles. The first-order valence-corrected chi connectivity index (χ1v) is 11.7. The number of anilines is 1. The van der Waals surface area contributed by atoms with Gasteiger partial charge in [0, 0.05) is 61.0 Å². The molecule has 10 heteroatoms. The lowest BCUT2D eigenvalue weighted by atomic mass is 10.0. The average Bonchev–Trinajstić information content (AvgIpc) is 3.61. The van der Waals surface area contributed by atoms with Gasteiger partial charge in [-0.15, -0.1) is 0 Å². The molecule has 4 heterocycles. The Bertz CT molecular complexity index is 1350. The highest BCUT2D eigenvalue weighted by Gasteiger charge is 2.43. The third-order valence-corrected chi connectivity index (χ3v) is 6.96. The van der Waals surface area contributed by atoms with E-state index in [4.69, 9.17) is 11.6 Å². The molecule has 2 aliphatic heterocycles. The standard InChI is InChI=1S/C25H21ClFN7O/c26-20-6-4-16(5-7-20)17-10-28-25(29-11-17)33-14-18-12-32(13-19(18)15-33)24(35)23-21(27)2-1-3-22(23)34-30-8-9-31-34/h1-11,18-19H,12-15H2. The molecule has 35 heavy (non-hydrogen) atoms. The van der Waals surface area contributed by atoms with Gasteiger partial charge in [0.1, 0.15) is 17.1 Å². The van der Waals surface area contributed by atoms with E-state index < -0.39 is 5.82 Å². The summed E-state index contributed by atoms with van der Waals surface area (Å²) in [6.07, 6.45) is 6.63. The fourth-order valence-electron chi connectivity index (χ4n) is 4.99. The van der Waals surface area contributed by atoms with E-state index in [9.17, 15) is 9.18 Å². The molecule has 2 fully saturated rings. The molecule has 0 bridgehead atoms. The molecule has 0 radical (unpaired) electrons. The lowest BCUT2D eigenvalue weighted by molar-refractivity contribution is 0.0777. The zero-order chi connectivity index (χ0) is 23.9. The van der Waals surface area contributed by atoms with E-state index in [2.05, 4.69) is 25.1 Å². The van der Waals surface area contributed by atoms with Crippen molar-refractivity contribution in [1.29, 1.82) is 0 Å². The predicted molar refractivity (Wildman–Crippen MR) is 129 cm³/mol. The summed E-state index contributed by atoms with van der Waals surface area (Å²) in [6.45, 7) is 2.62. The molecule has 1 amide bonds. The summed E-state index contributed by atoms with van der Waals surface area (Å²) in [5.41, 5.74) is 2.27. The van der Waals surface area contributed by atoms with Gasteiger partial charge in [0.25, 0.3) is 5.91 Å². The molecule has 0 N–H and O–H groups in total. The van der Waals surface area contributed by atoms with Crippen LogP contribution < -0.4 is 4.90 Å². The van der Waals surface area contributed by atoms with E-state index in [1.807, 2.05) is 36.7 Å². The molecule has 0 spiro atoms. The fourth-order valence-corrected chi connectivity index (χ4v) is 5.11. The number of benzene rings is 2. The number of hydrogen-bond donors (Lipinski definition) is 0. The molecule has 2 saturated heterocycles. The Morgan fingerprint density at radius 2 is 1.54 bits per heavy atom. The van der Waals surface area contributed by atoms with Crippen LogP contribution in [0.4, 0.5) is 10.3 Å². The fraction of sp³-hybridized carbons (Fsp3) is 0.240. The number of likely N-dealkylation sites (tertiary alicyclic amines) is 1.